The zero-order valence-corrected chi connectivity index (χ0v) is 18.4. The van der Waals surface area contributed by atoms with Crippen molar-refractivity contribution in [1.82, 2.24) is 10.3 Å². The number of halogens is 3. The van der Waals surface area contributed by atoms with Gasteiger partial charge in [0.15, 0.2) is 0 Å². The quantitative estimate of drug-likeness (QED) is 0.368. The molecule has 0 saturated heterocycles. The van der Waals surface area contributed by atoms with Crippen molar-refractivity contribution in [3.8, 4) is 11.1 Å². The van der Waals surface area contributed by atoms with Crippen LogP contribution in [0.15, 0.2) is 79.0 Å². The second-order valence-electron chi connectivity index (χ2n) is 8.45. The van der Waals surface area contributed by atoms with Crippen molar-refractivity contribution in [1.29, 1.82) is 0 Å². The van der Waals surface area contributed by atoms with Gasteiger partial charge in [-0.05, 0) is 60.4 Å². The summed E-state index contributed by atoms with van der Waals surface area (Å²) in [6.45, 7) is 0. The summed E-state index contributed by atoms with van der Waals surface area (Å²) in [6.07, 6.45) is -0.928. The van der Waals surface area contributed by atoms with Crippen LogP contribution in [0.3, 0.4) is 0 Å². The summed E-state index contributed by atoms with van der Waals surface area (Å²) < 4.78 is 38.7. The number of fused-ring (bicyclic) bond motifs is 1. The summed E-state index contributed by atoms with van der Waals surface area (Å²) >= 11 is 0. The van der Waals surface area contributed by atoms with E-state index in [9.17, 15) is 22.8 Å². The Morgan fingerprint density at radius 2 is 1.63 bits per heavy atom. The van der Waals surface area contributed by atoms with Crippen molar-refractivity contribution in [3.63, 3.8) is 0 Å². The fourth-order valence-corrected chi connectivity index (χ4v) is 3.79. The maximum absolute atomic E-state index is 13.1. The van der Waals surface area contributed by atoms with E-state index in [0.29, 0.717) is 33.5 Å². The molecule has 3 aromatic carbocycles. The normalized spacial score (nSPS) is 13.5. The second kappa shape index (κ2) is 8.87. The van der Waals surface area contributed by atoms with E-state index in [2.05, 4.69) is 15.6 Å². The van der Waals surface area contributed by atoms with Crippen LogP contribution in [0.1, 0.15) is 39.1 Å². The van der Waals surface area contributed by atoms with Crippen molar-refractivity contribution in [2.24, 2.45) is 0 Å². The number of alkyl halides is 3. The Hall–Kier alpha value is -4.20. The first-order valence-electron chi connectivity index (χ1n) is 11.1. The molecule has 0 bridgehead atoms. The third kappa shape index (κ3) is 5.01. The Morgan fingerprint density at radius 3 is 2.34 bits per heavy atom. The van der Waals surface area contributed by atoms with E-state index in [1.807, 2.05) is 0 Å². The van der Waals surface area contributed by atoms with Crippen molar-refractivity contribution in [2.45, 2.75) is 25.1 Å². The summed E-state index contributed by atoms with van der Waals surface area (Å²) in [6, 6.07) is 18.6. The van der Waals surface area contributed by atoms with E-state index in [4.69, 9.17) is 0 Å². The van der Waals surface area contributed by atoms with Gasteiger partial charge in [0.1, 0.15) is 0 Å². The predicted molar refractivity (Wildman–Crippen MR) is 127 cm³/mol. The van der Waals surface area contributed by atoms with Gasteiger partial charge >= 0.3 is 6.18 Å². The van der Waals surface area contributed by atoms with Crippen molar-refractivity contribution < 1.29 is 22.8 Å². The lowest BCUT2D eigenvalue weighted by Gasteiger charge is -2.12. The summed E-state index contributed by atoms with van der Waals surface area (Å²) in [5.41, 5.74) is 2.19. The molecule has 1 fully saturated rings. The molecule has 35 heavy (non-hydrogen) atoms. The van der Waals surface area contributed by atoms with Crippen LogP contribution in [0, 0.1) is 0 Å². The van der Waals surface area contributed by atoms with Crippen LogP contribution in [-0.4, -0.2) is 22.8 Å². The van der Waals surface area contributed by atoms with E-state index in [-0.39, 0.29) is 11.9 Å². The highest BCUT2D eigenvalue weighted by molar-refractivity contribution is 6.09. The molecule has 0 atom stereocenters. The highest BCUT2D eigenvalue weighted by atomic mass is 19.4. The molecule has 176 valence electrons. The molecule has 5 nitrogen and oxygen atoms in total. The zero-order chi connectivity index (χ0) is 24.6. The fraction of sp³-hybridized carbons (Fsp3) is 0.148. The fourth-order valence-electron chi connectivity index (χ4n) is 3.79. The van der Waals surface area contributed by atoms with E-state index in [1.165, 1.54) is 18.3 Å². The third-order valence-electron chi connectivity index (χ3n) is 5.81. The van der Waals surface area contributed by atoms with E-state index >= 15 is 0 Å². The Morgan fingerprint density at radius 1 is 0.886 bits per heavy atom. The van der Waals surface area contributed by atoms with Crippen LogP contribution in [-0.2, 0) is 6.18 Å². The van der Waals surface area contributed by atoms with Gasteiger partial charge < -0.3 is 10.6 Å². The first kappa shape index (κ1) is 22.6. The number of benzene rings is 3. The molecule has 0 aliphatic heterocycles. The Bertz CT molecular complexity index is 1430. The van der Waals surface area contributed by atoms with Gasteiger partial charge in [0.05, 0.1) is 16.6 Å². The van der Waals surface area contributed by atoms with Crippen molar-refractivity contribution in [3.05, 3.63) is 95.7 Å². The predicted octanol–water partition coefficient (Wildman–Crippen LogP) is 6.07. The van der Waals surface area contributed by atoms with Gasteiger partial charge in [-0.25, -0.2) is 0 Å². The van der Waals surface area contributed by atoms with Gasteiger partial charge in [-0.3, -0.25) is 14.6 Å². The lowest BCUT2D eigenvalue weighted by Crippen LogP contribution is -2.25. The molecule has 2 amide bonds. The minimum Gasteiger partial charge on any atom is -0.349 e. The molecule has 4 aromatic rings. The second-order valence-corrected chi connectivity index (χ2v) is 8.45. The summed E-state index contributed by atoms with van der Waals surface area (Å²) in [4.78, 5) is 29.7. The summed E-state index contributed by atoms with van der Waals surface area (Å²) in [5, 5.41) is 6.52. The van der Waals surface area contributed by atoms with Crippen LogP contribution >= 0.6 is 0 Å². The lowest BCUT2D eigenvalue weighted by atomic mass is 9.98. The van der Waals surface area contributed by atoms with Crippen LogP contribution in [0.25, 0.3) is 22.0 Å². The van der Waals surface area contributed by atoms with E-state index < -0.39 is 17.6 Å². The number of aromatic nitrogens is 1. The minimum absolute atomic E-state index is 0.154. The molecule has 0 spiro atoms. The number of hydrogen-bond acceptors (Lipinski definition) is 3. The van der Waals surface area contributed by atoms with Gasteiger partial charge in [0.2, 0.25) is 0 Å². The largest absolute Gasteiger partial charge is 0.416 e. The monoisotopic (exact) mass is 475 g/mol. The molecule has 1 heterocycles. The highest BCUT2D eigenvalue weighted by Crippen LogP contribution is 2.32. The standard InChI is InChI=1S/C27H20F3N3O2/c28-27(29,30)19-8-5-16(6-9-19)22-3-1-2-4-23(22)26(35)33-21-10-7-17-13-18(15-31-24(17)14-21)25(34)32-20-11-12-20/h1-10,13-15,20H,11-12H2,(H,32,34)(H,33,35). The molecule has 2 N–H and O–H groups in total. The maximum atomic E-state index is 13.1. The molecule has 5 rings (SSSR count). The van der Waals surface area contributed by atoms with E-state index in [1.54, 1.807) is 48.5 Å². The highest BCUT2D eigenvalue weighted by Gasteiger charge is 2.30. The number of hydrogen-bond donors (Lipinski definition) is 2. The number of carbonyl (C=O) groups excluding carboxylic acids is 2. The number of amides is 2. The minimum atomic E-state index is -4.43. The molecule has 0 unspecified atom stereocenters. The molecule has 1 aliphatic carbocycles. The molecule has 1 aromatic heterocycles. The SMILES string of the molecule is O=C(NC1CC1)c1cnc2cc(NC(=O)c3ccccc3-c3ccc(C(F)(F)F)cc3)ccc2c1. The smallest absolute Gasteiger partial charge is 0.349 e. The van der Waals surface area contributed by atoms with Crippen LogP contribution in [0.4, 0.5) is 18.9 Å². The van der Waals surface area contributed by atoms with Crippen LogP contribution in [0.5, 0.6) is 0 Å². The Kier molecular flexibility index (Phi) is 5.72. The number of carbonyl (C=O) groups is 2. The molecular formula is C27H20F3N3O2. The molecular weight excluding hydrogens is 455 g/mol. The summed E-state index contributed by atoms with van der Waals surface area (Å²) in [7, 11) is 0. The van der Waals surface area contributed by atoms with Gasteiger partial charge in [0.25, 0.3) is 11.8 Å². The number of nitrogens with one attached hydrogen (secondary N) is 2. The molecule has 0 radical (unpaired) electrons. The van der Waals surface area contributed by atoms with Crippen molar-refractivity contribution >= 4 is 28.4 Å². The van der Waals surface area contributed by atoms with Gasteiger partial charge in [-0.15, -0.1) is 0 Å². The Labute approximate surface area is 199 Å². The van der Waals surface area contributed by atoms with Crippen LogP contribution in [0.2, 0.25) is 0 Å². The topological polar surface area (TPSA) is 71.1 Å². The third-order valence-corrected chi connectivity index (χ3v) is 5.81. The zero-order valence-electron chi connectivity index (χ0n) is 18.4. The average molecular weight is 475 g/mol. The van der Waals surface area contributed by atoms with Crippen LogP contribution < -0.4 is 10.6 Å². The number of nitrogens with zero attached hydrogens (tertiary/aromatic N) is 1. The first-order valence-corrected chi connectivity index (χ1v) is 11.1. The maximum Gasteiger partial charge on any atom is 0.416 e. The first-order chi connectivity index (χ1) is 16.8. The number of rotatable bonds is 5. The Balaban J connectivity index is 1.36. The molecule has 8 heteroatoms. The van der Waals surface area contributed by atoms with Gasteiger partial charge in [0, 0.05) is 28.9 Å². The number of anilines is 1. The average Bonchev–Trinajstić information content (AvgIpc) is 3.67. The lowest BCUT2D eigenvalue weighted by molar-refractivity contribution is -0.137. The van der Waals surface area contributed by atoms with Gasteiger partial charge in [-0.1, -0.05) is 36.4 Å². The van der Waals surface area contributed by atoms with Gasteiger partial charge in [-0.2, -0.15) is 13.2 Å². The van der Waals surface area contributed by atoms with E-state index in [0.717, 1.165) is 30.4 Å². The summed E-state index contributed by atoms with van der Waals surface area (Å²) in [5.74, 6) is -0.556. The van der Waals surface area contributed by atoms with Crippen molar-refractivity contribution in [2.75, 3.05) is 5.32 Å². The molecule has 1 saturated carbocycles. The molecule has 1 aliphatic rings. The number of pyridine rings is 1.